The van der Waals surface area contributed by atoms with E-state index in [1.165, 1.54) is 14.2 Å². The van der Waals surface area contributed by atoms with E-state index in [4.69, 9.17) is 9.47 Å². The number of methoxy groups -OCH3 is 2. The number of nitrogens with one attached hydrogen (secondary N) is 2. The third-order valence-electron chi connectivity index (χ3n) is 4.83. The van der Waals surface area contributed by atoms with Gasteiger partial charge in [0.05, 0.1) is 35.8 Å². The van der Waals surface area contributed by atoms with E-state index in [0.29, 0.717) is 28.2 Å². The molecule has 0 saturated carbocycles. The molecule has 0 saturated heterocycles. The molecular formula is C23H19F3N4O5S. The number of alkyl halides is 3. The number of benzene rings is 3. The first-order valence-electron chi connectivity index (χ1n) is 10.2. The lowest BCUT2D eigenvalue weighted by molar-refractivity contribution is -0.274. The first-order valence-corrected chi connectivity index (χ1v) is 11.7. The summed E-state index contributed by atoms with van der Waals surface area (Å²) in [6, 6.07) is 15.6. The number of aromatic nitrogens is 2. The van der Waals surface area contributed by atoms with Gasteiger partial charge in [0.2, 0.25) is 0 Å². The minimum absolute atomic E-state index is 0.0563. The number of para-hydroxylation sites is 2. The van der Waals surface area contributed by atoms with Crippen molar-refractivity contribution < 1.29 is 35.8 Å². The molecule has 0 aliphatic heterocycles. The number of ether oxygens (including phenoxy) is 3. The standard InChI is InChI=1S/C23H19F3N4O5S/c1-33-15-9-12-20(34-2)19(13-15)29-21-22(28-18-6-4-3-5-17(18)27-21)30-36(31,32)16-10-7-14(8-11-16)35-23(24,25)26/h3-13H,1-2H3,(H,27,29)(H,28,30). The van der Waals surface area contributed by atoms with Crippen LogP contribution < -0.4 is 24.2 Å². The van der Waals surface area contributed by atoms with Crippen LogP contribution in [0.2, 0.25) is 0 Å². The second kappa shape index (κ2) is 9.77. The van der Waals surface area contributed by atoms with Gasteiger partial charge in [0.15, 0.2) is 11.6 Å². The molecular weight excluding hydrogens is 501 g/mol. The molecule has 0 fully saturated rings. The van der Waals surface area contributed by atoms with Gasteiger partial charge in [-0.05, 0) is 48.5 Å². The normalized spacial score (nSPS) is 11.7. The maximum atomic E-state index is 13.0. The number of nitrogens with zero attached hydrogens (tertiary/aromatic N) is 2. The highest BCUT2D eigenvalue weighted by atomic mass is 32.2. The Kier molecular flexibility index (Phi) is 6.75. The Labute approximate surface area is 203 Å². The Balaban J connectivity index is 1.72. The highest BCUT2D eigenvalue weighted by molar-refractivity contribution is 7.92. The van der Waals surface area contributed by atoms with E-state index in [1.54, 1.807) is 42.5 Å². The summed E-state index contributed by atoms with van der Waals surface area (Å²) in [6.07, 6.45) is -4.90. The fourth-order valence-electron chi connectivity index (χ4n) is 3.20. The average Bonchev–Trinajstić information content (AvgIpc) is 2.83. The minimum Gasteiger partial charge on any atom is -0.497 e. The van der Waals surface area contributed by atoms with E-state index in [0.717, 1.165) is 24.3 Å². The molecule has 0 spiro atoms. The summed E-state index contributed by atoms with van der Waals surface area (Å²) >= 11 is 0. The lowest BCUT2D eigenvalue weighted by atomic mass is 10.2. The summed E-state index contributed by atoms with van der Waals surface area (Å²) < 4.78 is 80.1. The lowest BCUT2D eigenvalue weighted by Gasteiger charge is -2.16. The van der Waals surface area contributed by atoms with Gasteiger partial charge >= 0.3 is 6.36 Å². The molecule has 13 heteroatoms. The van der Waals surface area contributed by atoms with E-state index < -0.39 is 22.1 Å². The third kappa shape index (κ3) is 5.68. The molecule has 0 aliphatic carbocycles. The van der Waals surface area contributed by atoms with Crippen LogP contribution in [0.25, 0.3) is 11.0 Å². The minimum atomic E-state index is -4.90. The fourth-order valence-corrected chi connectivity index (χ4v) is 4.21. The molecule has 9 nitrogen and oxygen atoms in total. The summed E-state index contributed by atoms with van der Waals surface area (Å²) in [6.45, 7) is 0. The van der Waals surface area contributed by atoms with Crippen molar-refractivity contribution in [2.45, 2.75) is 11.3 Å². The second-order valence-corrected chi connectivity index (χ2v) is 8.91. The van der Waals surface area contributed by atoms with Crippen LogP contribution in [0.3, 0.4) is 0 Å². The Morgan fingerprint density at radius 1 is 0.806 bits per heavy atom. The van der Waals surface area contributed by atoms with Crippen LogP contribution in [0.5, 0.6) is 17.2 Å². The Morgan fingerprint density at radius 2 is 1.42 bits per heavy atom. The lowest BCUT2D eigenvalue weighted by Crippen LogP contribution is -2.18. The number of sulfonamides is 1. The highest BCUT2D eigenvalue weighted by Crippen LogP contribution is 2.34. The molecule has 4 rings (SSSR count). The summed E-state index contributed by atoms with van der Waals surface area (Å²) in [5.74, 6) is 0.296. The van der Waals surface area contributed by atoms with Crippen LogP contribution in [-0.4, -0.2) is 39.0 Å². The number of fused-ring (bicyclic) bond motifs is 1. The second-order valence-electron chi connectivity index (χ2n) is 7.23. The van der Waals surface area contributed by atoms with E-state index in [2.05, 4.69) is 24.7 Å². The van der Waals surface area contributed by atoms with Crippen LogP contribution >= 0.6 is 0 Å². The van der Waals surface area contributed by atoms with E-state index in [-0.39, 0.29) is 16.5 Å². The molecule has 188 valence electrons. The SMILES string of the molecule is COc1ccc(OC)c(Nc2nc3ccccc3nc2NS(=O)(=O)c2ccc(OC(F)(F)F)cc2)c1. The molecule has 36 heavy (non-hydrogen) atoms. The highest BCUT2D eigenvalue weighted by Gasteiger charge is 2.31. The quantitative estimate of drug-likeness (QED) is 0.331. The first-order chi connectivity index (χ1) is 17.1. The maximum absolute atomic E-state index is 13.0. The predicted molar refractivity (Wildman–Crippen MR) is 126 cm³/mol. The summed E-state index contributed by atoms with van der Waals surface area (Å²) in [5, 5.41) is 3.02. The van der Waals surface area contributed by atoms with Gasteiger partial charge in [0.25, 0.3) is 10.0 Å². The summed E-state index contributed by atoms with van der Waals surface area (Å²) in [4.78, 5) is 8.57. The van der Waals surface area contributed by atoms with Gasteiger partial charge < -0.3 is 19.5 Å². The smallest absolute Gasteiger partial charge is 0.497 e. The number of anilines is 3. The van der Waals surface area contributed by atoms with Crippen molar-refractivity contribution in [2.75, 3.05) is 24.3 Å². The Bertz CT molecular complexity index is 1500. The summed E-state index contributed by atoms with van der Waals surface area (Å²) in [7, 11) is -1.31. The number of hydrogen-bond acceptors (Lipinski definition) is 8. The number of halogens is 3. The molecule has 0 bridgehead atoms. The Hall–Kier alpha value is -4.26. The zero-order chi connectivity index (χ0) is 25.9. The largest absolute Gasteiger partial charge is 0.573 e. The van der Waals surface area contributed by atoms with Crippen molar-refractivity contribution >= 4 is 38.4 Å². The van der Waals surface area contributed by atoms with Gasteiger partial charge in [0.1, 0.15) is 17.2 Å². The van der Waals surface area contributed by atoms with Gasteiger partial charge in [-0.15, -0.1) is 13.2 Å². The van der Waals surface area contributed by atoms with Gasteiger partial charge in [-0.2, -0.15) is 0 Å². The molecule has 4 aromatic rings. The van der Waals surface area contributed by atoms with Crippen molar-refractivity contribution in [3.8, 4) is 17.2 Å². The molecule has 0 amide bonds. The van der Waals surface area contributed by atoms with E-state index >= 15 is 0 Å². The fraction of sp³-hybridized carbons (Fsp3) is 0.130. The predicted octanol–water partition coefficient (Wildman–Crippen LogP) is 5.09. The van der Waals surface area contributed by atoms with Gasteiger partial charge in [-0.1, -0.05) is 12.1 Å². The van der Waals surface area contributed by atoms with Crippen LogP contribution in [-0.2, 0) is 10.0 Å². The van der Waals surface area contributed by atoms with Crippen LogP contribution in [0.15, 0.2) is 71.6 Å². The van der Waals surface area contributed by atoms with Crippen LogP contribution in [0.4, 0.5) is 30.5 Å². The molecule has 3 aromatic carbocycles. The van der Waals surface area contributed by atoms with E-state index in [9.17, 15) is 21.6 Å². The van der Waals surface area contributed by atoms with Gasteiger partial charge in [0, 0.05) is 6.07 Å². The zero-order valence-electron chi connectivity index (χ0n) is 18.8. The first kappa shape index (κ1) is 24.9. The molecule has 0 aliphatic rings. The van der Waals surface area contributed by atoms with Crippen molar-refractivity contribution in [1.82, 2.24) is 9.97 Å². The topological polar surface area (TPSA) is 112 Å². The van der Waals surface area contributed by atoms with Crippen molar-refractivity contribution in [1.29, 1.82) is 0 Å². The molecule has 1 aromatic heterocycles. The monoisotopic (exact) mass is 520 g/mol. The molecule has 1 heterocycles. The van der Waals surface area contributed by atoms with Crippen LogP contribution in [0, 0.1) is 0 Å². The van der Waals surface area contributed by atoms with Crippen LogP contribution in [0.1, 0.15) is 0 Å². The summed E-state index contributed by atoms with van der Waals surface area (Å²) in [5.41, 5.74) is 1.32. The number of rotatable bonds is 8. The number of hydrogen-bond donors (Lipinski definition) is 2. The van der Waals surface area contributed by atoms with Crippen molar-refractivity contribution in [3.05, 3.63) is 66.7 Å². The average molecular weight is 520 g/mol. The van der Waals surface area contributed by atoms with Crippen molar-refractivity contribution in [3.63, 3.8) is 0 Å². The molecule has 0 radical (unpaired) electrons. The van der Waals surface area contributed by atoms with Crippen molar-refractivity contribution in [2.24, 2.45) is 0 Å². The molecule has 0 atom stereocenters. The van der Waals surface area contributed by atoms with Gasteiger partial charge in [-0.25, -0.2) is 18.4 Å². The molecule has 2 N–H and O–H groups in total. The van der Waals surface area contributed by atoms with Gasteiger partial charge in [-0.3, -0.25) is 4.72 Å². The molecule has 0 unspecified atom stereocenters. The third-order valence-corrected chi connectivity index (χ3v) is 6.18. The van der Waals surface area contributed by atoms with E-state index in [1.807, 2.05) is 0 Å². The Morgan fingerprint density at radius 3 is 2.00 bits per heavy atom. The zero-order valence-corrected chi connectivity index (χ0v) is 19.6. The maximum Gasteiger partial charge on any atom is 0.573 e.